The molecule has 0 heterocycles. The highest BCUT2D eigenvalue weighted by molar-refractivity contribution is 5.28. The van der Waals surface area contributed by atoms with E-state index in [1.807, 2.05) is 0 Å². The second-order valence-electron chi connectivity index (χ2n) is 4.98. The zero-order chi connectivity index (χ0) is 13.0. The van der Waals surface area contributed by atoms with Crippen molar-refractivity contribution in [3.8, 4) is 0 Å². The number of benzene rings is 2. The Morgan fingerprint density at radius 1 is 0.944 bits per heavy atom. The van der Waals surface area contributed by atoms with Crippen LogP contribution in [0, 0.1) is 13.8 Å². The van der Waals surface area contributed by atoms with E-state index in [0.717, 1.165) is 6.42 Å². The lowest BCUT2D eigenvalue weighted by Gasteiger charge is -2.15. The second kappa shape index (κ2) is 5.83. The fourth-order valence-electron chi connectivity index (χ4n) is 2.25. The maximum atomic E-state index is 9.58. The summed E-state index contributed by atoms with van der Waals surface area (Å²) in [5.41, 5.74) is 5.03. The second-order valence-corrected chi connectivity index (χ2v) is 4.98. The van der Waals surface area contributed by atoms with Gasteiger partial charge in [-0.15, -0.1) is 0 Å². The maximum Gasteiger partial charge on any atom is 0.0502 e. The Labute approximate surface area is 109 Å². The number of rotatable bonds is 4. The quantitative estimate of drug-likeness (QED) is 0.865. The van der Waals surface area contributed by atoms with Crippen LogP contribution in [-0.2, 0) is 6.42 Å². The monoisotopic (exact) mass is 240 g/mol. The number of hydrogen-bond acceptors (Lipinski definition) is 1. The Morgan fingerprint density at radius 2 is 1.67 bits per heavy atom. The molecular formula is C17H20O. The van der Waals surface area contributed by atoms with Crippen molar-refractivity contribution in [1.82, 2.24) is 0 Å². The van der Waals surface area contributed by atoms with Gasteiger partial charge in [-0.05, 0) is 31.4 Å². The molecule has 0 radical (unpaired) electrons. The molecule has 1 heteroatoms. The Bertz CT molecular complexity index is 499. The lowest BCUT2D eigenvalue weighted by Crippen LogP contribution is -2.07. The Balaban J connectivity index is 2.17. The Morgan fingerprint density at radius 3 is 2.28 bits per heavy atom. The summed E-state index contributed by atoms with van der Waals surface area (Å²) in [6.45, 7) is 4.37. The van der Waals surface area contributed by atoms with Gasteiger partial charge in [0.1, 0.15) is 0 Å². The largest absolute Gasteiger partial charge is 0.396 e. The van der Waals surface area contributed by atoms with Crippen molar-refractivity contribution in [2.45, 2.75) is 26.2 Å². The van der Waals surface area contributed by atoms with Crippen molar-refractivity contribution >= 4 is 0 Å². The maximum absolute atomic E-state index is 9.58. The van der Waals surface area contributed by atoms with Crippen LogP contribution in [0.4, 0.5) is 0 Å². The van der Waals surface area contributed by atoms with Gasteiger partial charge in [-0.3, -0.25) is 0 Å². The summed E-state index contributed by atoms with van der Waals surface area (Å²) in [7, 11) is 0. The average Bonchev–Trinajstić information content (AvgIpc) is 2.37. The van der Waals surface area contributed by atoms with Crippen LogP contribution in [0.15, 0.2) is 48.5 Å². The minimum atomic E-state index is 0.187. The topological polar surface area (TPSA) is 20.2 Å². The highest BCUT2D eigenvalue weighted by atomic mass is 16.3. The number of aliphatic hydroxyl groups excluding tert-OH is 1. The van der Waals surface area contributed by atoms with Crippen LogP contribution >= 0.6 is 0 Å². The lowest BCUT2D eigenvalue weighted by atomic mass is 9.92. The molecule has 0 amide bonds. The van der Waals surface area contributed by atoms with Crippen LogP contribution in [0.3, 0.4) is 0 Å². The molecule has 0 spiro atoms. The predicted molar refractivity (Wildman–Crippen MR) is 75.9 cm³/mol. The molecule has 0 aliphatic rings. The highest BCUT2D eigenvalue weighted by Crippen LogP contribution is 2.21. The summed E-state index contributed by atoms with van der Waals surface area (Å²) >= 11 is 0. The third kappa shape index (κ3) is 3.21. The minimum absolute atomic E-state index is 0.187. The summed E-state index contributed by atoms with van der Waals surface area (Å²) < 4.78 is 0. The fourth-order valence-corrected chi connectivity index (χ4v) is 2.25. The van der Waals surface area contributed by atoms with Gasteiger partial charge in [-0.2, -0.15) is 0 Å². The van der Waals surface area contributed by atoms with Crippen molar-refractivity contribution < 1.29 is 5.11 Å². The molecule has 0 saturated carbocycles. The minimum Gasteiger partial charge on any atom is -0.396 e. The van der Waals surface area contributed by atoms with E-state index in [4.69, 9.17) is 0 Å². The third-order valence-electron chi connectivity index (χ3n) is 3.33. The average molecular weight is 240 g/mol. The van der Waals surface area contributed by atoms with Gasteiger partial charge in [0.25, 0.3) is 0 Å². The molecule has 2 aromatic rings. The Kier molecular flexibility index (Phi) is 4.16. The molecule has 1 nitrogen and oxygen atoms in total. The first kappa shape index (κ1) is 12.8. The van der Waals surface area contributed by atoms with Crippen LogP contribution in [0.25, 0.3) is 0 Å². The van der Waals surface area contributed by atoms with Gasteiger partial charge >= 0.3 is 0 Å². The Hall–Kier alpha value is -1.60. The summed E-state index contributed by atoms with van der Waals surface area (Å²) in [6.07, 6.45) is 0.890. The van der Waals surface area contributed by atoms with Gasteiger partial charge in [-0.1, -0.05) is 59.7 Å². The zero-order valence-corrected chi connectivity index (χ0v) is 11.1. The van der Waals surface area contributed by atoms with Crippen LogP contribution in [0.1, 0.15) is 28.2 Å². The molecule has 0 aliphatic carbocycles. The molecule has 0 bridgehead atoms. The molecule has 2 rings (SSSR count). The molecule has 1 N–H and O–H groups in total. The first-order valence-corrected chi connectivity index (χ1v) is 6.42. The van der Waals surface area contributed by atoms with Gasteiger partial charge < -0.3 is 5.11 Å². The van der Waals surface area contributed by atoms with Gasteiger partial charge in [0.2, 0.25) is 0 Å². The van der Waals surface area contributed by atoms with E-state index in [2.05, 4.69) is 62.4 Å². The summed E-state index contributed by atoms with van der Waals surface area (Å²) in [6, 6.07) is 16.9. The fraction of sp³-hybridized carbons (Fsp3) is 0.294. The summed E-state index contributed by atoms with van der Waals surface area (Å²) in [4.78, 5) is 0. The van der Waals surface area contributed by atoms with E-state index in [0.29, 0.717) is 0 Å². The molecule has 0 aromatic heterocycles. The summed E-state index contributed by atoms with van der Waals surface area (Å²) in [5.74, 6) is 0.187. The number of aliphatic hydroxyl groups is 1. The van der Waals surface area contributed by atoms with E-state index in [9.17, 15) is 5.11 Å². The molecule has 1 atom stereocenters. The van der Waals surface area contributed by atoms with E-state index < -0.39 is 0 Å². The van der Waals surface area contributed by atoms with E-state index in [-0.39, 0.29) is 12.5 Å². The molecular weight excluding hydrogens is 220 g/mol. The van der Waals surface area contributed by atoms with Crippen molar-refractivity contribution in [3.05, 3.63) is 70.8 Å². The highest BCUT2D eigenvalue weighted by Gasteiger charge is 2.11. The number of aryl methyl sites for hydroxylation is 2. The zero-order valence-electron chi connectivity index (χ0n) is 11.1. The normalized spacial score (nSPS) is 12.4. The van der Waals surface area contributed by atoms with Gasteiger partial charge in [0, 0.05) is 5.92 Å². The third-order valence-corrected chi connectivity index (χ3v) is 3.33. The molecule has 0 fully saturated rings. The lowest BCUT2D eigenvalue weighted by molar-refractivity contribution is 0.264. The van der Waals surface area contributed by atoms with Crippen LogP contribution < -0.4 is 0 Å². The number of hydrogen-bond donors (Lipinski definition) is 1. The molecule has 18 heavy (non-hydrogen) atoms. The first-order chi connectivity index (χ1) is 8.69. The molecule has 2 aromatic carbocycles. The standard InChI is InChI=1S/C17H20O/c1-13-6-8-16(9-7-13)17(12-18)11-15-5-3-4-14(2)10-15/h3-10,17-18H,11-12H2,1-2H3. The van der Waals surface area contributed by atoms with Gasteiger partial charge in [0.05, 0.1) is 6.61 Å². The molecule has 1 unspecified atom stereocenters. The molecule has 0 aliphatic heterocycles. The predicted octanol–water partition coefficient (Wildman–Crippen LogP) is 3.62. The van der Waals surface area contributed by atoms with Gasteiger partial charge in [0.15, 0.2) is 0 Å². The molecule has 0 saturated heterocycles. The van der Waals surface area contributed by atoms with E-state index >= 15 is 0 Å². The van der Waals surface area contributed by atoms with Crippen LogP contribution in [0.2, 0.25) is 0 Å². The van der Waals surface area contributed by atoms with Crippen molar-refractivity contribution in [3.63, 3.8) is 0 Å². The van der Waals surface area contributed by atoms with Crippen molar-refractivity contribution in [2.75, 3.05) is 6.61 Å². The van der Waals surface area contributed by atoms with E-state index in [1.165, 1.54) is 22.3 Å². The first-order valence-electron chi connectivity index (χ1n) is 6.42. The molecule has 94 valence electrons. The van der Waals surface area contributed by atoms with Crippen LogP contribution in [-0.4, -0.2) is 11.7 Å². The van der Waals surface area contributed by atoms with Crippen LogP contribution in [0.5, 0.6) is 0 Å². The SMILES string of the molecule is Cc1ccc(C(CO)Cc2cccc(C)c2)cc1. The van der Waals surface area contributed by atoms with Gasteiger partial charge in [-0.25, -0.2) is 0 Å². The van der Waals surface area contributed by atoms with Crippen molar-refractivity contribution in [2.24, 2.45) is 0 Å². The van der Waals surface area contributed by atoms with E-state index in [1.54, 1.807) is 0 Å². The summed E-state index contributed by atoms with van der Waals surface area (Å²) in [5, 5.41) is 9.58. The van der Waals surface area contributed by atoms with Crippen molar-refractivity contribution in [1.29, 1.82) is 0 Å². The smallest absolute Gasteiger partial charge is 0.0502 e.